The summed E-state index contributed by atoms with van der Waals surface area (Å²) < 4.78 is 0. The van der Waals surface area contributed by atoms with Gasteiger partial charge in [-0.1, -0.05) is 195 Å². The lowest BCUT2D eigenvalue weighted by atomic mass is 9.53. The van der Waals surface area contributed by atoms with Crippen LogP contribution in [0.4, 0.5) is 17.1 Å². The minimum atomic E-state index is -2.72. The van der Waals surface area contributed by atoms with Crippen molar-refractivity contribution in [3.63, 3.8) is 0 Å². The largest absolute Gasteiger partial charge is 0.310 e. The minimum absolute atomic E-state index is 0.180. The van der Waals surface area contributed by atoms with E-state index < -0.39 is 13.5 Å². The third kappa shape index (κ3) is 4.37. The van der Waals surface area contributed by atoms with Crippen LogP contribution in [-0.2, 0) is 10.8 Å². The highest BCUT2D eigenvalue weighted by Crippen LogP contribution is 2.63. The zero-order valence-electron chi connectivity index (χ0n) is 35.5. The number of hydrogen-bond donors (Lipinski definition) is 0. The van der Waals surface area contributed by atoms with Crippen molar-refractivity contribution in [3.05, 3.63) is 245 Å². The molecule has 1 aliphatic carbocycles. The molecule has 62 heavy (non-hydrogen) atoms. The van der Waals surface area contributed by atoms with E-state index in [1.807, 2.05) is 0 Å². The van der Waals surface area contributed by atoms with E-state index in [0.29, 0.717) is 0 Å². The highest BCUT2D eigenvalue weighted by atomic mass is 28.3. The zero-order chi connectivity index (χ0) is 41.5. The molecule has 0 unspecified atom stereocenters. The molecule has 0 bridgehead atoms. The van der Waals surface area contributed by atoms with Gasteiger partial charge < -0.3 is 4.90 Å². The Morgan fingerprint density at radius 3 is 1.52 bits per heavy atom. The molecule has 0 amide bonds. The van der Waals surface area contributed by atoms with E-state index in [1.165, 1.54) is 116 Å². The van der Waals surface area contributed by atoms with Crippen LogP contribution in [0.1, 0.15) is 58.4 Å². The molecule has 3 aliphatic heterocycles. The zero-order valence-corrected chi connectivity index (χ0v) is 36.5. The van der Waals surface area contributed by atoms with E-state index in [4.69, 9.17) is 0 Å². The molecule has 13 rings (SSSR count). The smallest absolute Gasteiger partial charge is 0.182 e. The van der Waals surface area contributed by atoms with Crippen LogP contribution in [0.3, 0.4) is 0 Å². The lowest BCUT2D eigenvalue weighted by Gasteiger charge is -2.52. The van der Waals surface area contributed by atoms with Crippen molar-refractivity contribution in [1.29, 1.82) is 0 Å². The molecule has 1 nitrogen and oxygen atoms in total. The Morgan fingerprint density at radius 1 is 0.355 bits per heavy atom. The van der Waals surface area contributed by atoms with E-state index >= 15 is 0 Å². The molecule has 0 saturated carbocycles. The summed E-state index contributed by atoms with van der Waals surface area (Å²) in [5.74, 6) is 0. The quantitative estimate of drug-likeness (QED) is 0.157. The second kappa shape index (κ2) is 12.5. The first kappa shape index (κ1) is 35.7. The van der Waals surface area contributed by atoms with Gasteiger partial charge in [0, 0.05) is 11.1 Å². The summed E-state index contributed by atoms with van der Waals surface area (Å²) in [5, 5.41) is 6.03. The van der Waals surface area contributed by atoms with Crippen molar-refractivity contribution >= 4 is 45.9 Å². The van der Waals surface area contributed by atoms with Crippen molar-refractivity contribution in [3.8, 4) is 33.4 Å². The molecule has 2 heteroatoms. The second-order valence-electron chi connectivity index (χ2n) is 18.5. The summed E-state index contributed by atoms with van der Waals surface area (Å²) >= 11 is 0. The highest BCUT2D eigenvalue weighted by molar-refractivity contribution is 7.24. The minimum Gasteiger partial charge on any atom is -0.310 e. The van der Waals surface area contributed by atoms with Crippen molar-refractivity contribution in [2.45, 2.75) is 38.5 Å². The van der Waals surface area contributed by atoms with Crippen molar-refractivity contribution < 1.29 is 0 Å². The van der Waals surface area contributed by atoms with Gasteiger partial charge in [-0.25, -0.2) is 0 Å². The molecule has 0 aromatic heterocycles. The molecule has 9 aromatic carbocycles. The molecule has 0 atom stereocenters. The molecule has 0 fully saturated rings. The maximum Gasteiger partial charge on any atom is 0.182 e. The molecule has 0 N–H and O–H groups in total. The summed E-state index contributed by atoms with van der Waals surface area (Å²) in [6, 6.07) is 77.3. The molecule has 294 valence electrons. The Bertz CT molecular complexity index is 3270. The molecule has 0 saturated heterocycles. The predicted molar refractivity (Wildman–Crippen MR) is 262 cm³/mol. The Hall–Kier alpha value is -7.00. The Balaban J connectivity index is 1.14. The summed E-state index contributed by atoms with van der Waals surface area (Å²) in [4.78, 5) is 2.60. The molecule has 4 aliphatic rings. The van der Waals surface area contributed by atoms with Crippen LogP contribution in [0.2, 0.25) is 0 Å². The summed E-state index contributed by atoms with van der Waals surface area (Å²) in [6.45, 7) is 9.34. The second-order valence-corrected chi connectivity index (χ2v) is 22.2. The Labute approximate surface area is 365 Å². The monoisotopic (exact) mass is 807 g/mol. The van der Waals surface area contributed by atoms with Gasteiger partial charge in [0.1, 0.15) is 0 Å². The van der Waals surface area contributed by atoms with E-state index in [9.17, 15) is 0 Å². The summed E-state index contributed by atoms with van der Waals surface area (Å²) in [7, 11) is -2.72. The van der Waals surface area contributed by atoms with Crippen LogP contribution in [-0.4, -0.2) is 8.07 Å². The van der Waals surface area contributed by atoms with E-state index in [-0.39, 0.29) is 5.41 Å². The lowest BCUT2D eigenvalue weighted by molar-refractivity contribution is 0.556. The van der Waals surface area contributed by atoms with Crippen LogP contribution in [0.5, 0.6) is 0 Å². The van der Waals surface area contributed by atoms with Gasteiger partial charge in [-0.3, -0.25) is 0 Å². The topological polar surface area (TPSA) is 3.24 Å². The maximum atomic E-state index is 2.61. The van der Waals surface area contributed by atoms with E-state index in [0.717, 1.165) is 0 Å². The van der Waals surface area contributed by atoms with Crippen LogP contribution < -0.4 is 25.6 Å². The van der Waals surface area contributed by atoms with Gasteiger partial charge in [0.2, 0.25) is 0 Å². The first-order valence-corrected chi connectivity index (χ1v) is 24.1. The first-order chi connectivity index (χ1) is 30.3. The SMILES string of the molecule is Cc1ccc2c(c1)[Si]1(c3ccccc3-c3ccc(N4c5ccccc5C5(c6cc(-c7ccccc7)ccc64)c4ccccc4C(C)(C)c4ccccc45)cc31)c1cc(C)ccc1-2. The van der Waals surface area contributed by atoms with Crippen LogP contribution in [0, 0.1) is 13.8 Å². The average molecular weight is 808 g/mol. The number of para-hydroxylation sites is 1. The van der Waals surface area contributed by atoms with Gasteiger partial charge in [0.15, 0.2) is 8.07 Å². The fourth-order valence-electron chi connectivity index (χ4n) is 12.5. The predicted octanol–water partition coefficient (Wildman–Crippen LogP) is 12.1. The van der Waals surface area contributed by atoms with Crippen molar-refractivity contribution in [2.24, 2.45) is 0 Å². The highest BCUT2D eigenvalue weighted by Gasteiger charge is 2.56. The van der Waals surface area contributed by atoms with Crippen molar-refractivity contribution in [1.82, 2.24) is 0 Å². The third-order valence-electron chi connectivity index (χ3n) is 15.0. The standard InChI is InChI=1S/C60H45NSi/c1-38-26-30-44-45-31-27-39(2)35-57(45)62(56(44)34-38)55-25-15-8-18-43(55)46-32-29-42(37-58(46)62)61-53-24-14-13-23-51(53)60(52-36-41(28-33-54(52)61)40-16-6-5-7-17-40)49-21-11-9-19-47(49)59(3,4)48-20-10-12-22-50(48)60/h5-37H,1-4H3. The number of aryl methyl sites for hydroxylation is 2. The molecule has 0 radical (unpaired) electrons. The van der Waals surface area contributed by atoms with Crippen molar-refractivity contribution in [2.75, 3.05) is 4.90 Å². The maximum absolute atomic E-state index is 2.72. The molecule has 2 spiro atoms. The van der Waals surface area contributed by atoms with Gasteiger partial charge in [-0.2, -0.15) is 0 Å². The van der Waals surface area contributed by atoms with Crippen LogP contribution >= 0.6 is 0 Å². The first-order valence-electron chi connectivity index (χ1n) is 22.1. The Morgan fingerprint density at radius 2 is 0.855 bits per heavy atom. The number of nitrogens with zero attached hydrogens (tertiary/aromatic N) is 1. The fraction of sp³-hybridized carbons (Fsp3) is 0.100. The van der Waals surface area contributed by atoms with Gasteiger partial charge >= 0.3 is 0 Å². The van der Waals surface area contributed by atoms with Gasteiger partial charge in [0.05, 0.1) is 16.8 Å². The number of anilines is 3. The Kier molecular flexibility index (Phi) is 7.22. The molecular formula is C60H45NSi. The molecular weight excluding hydrogens is 763 g/mol. The normalized spacial score (nSPS) is 15.8. The molecule has 3 heterocycles. The lowest BCUT2D eigenvalue weighted by Crippen LogP contribution is -2.70. The van der Waals surface area contributed by atoms with Gasteiger partial charge in [-0.05, 0) is 132 Å². The summed E-state index contributed by atoms with van der Waals surface area (Å²) in [5.41, 5.74) is 21.6. The average Bonchev–Trinajstić information content (AvgIpc) is 3.76. The fourth-order valence-corrected chi connectivity index (χ4v) is 18.3. The third-order valence-corrected chi connectivity index (χ3v) is 20.0. The number of rotatable bonds is 2. The number of fused-ring (bicyclic) bond motifs is 18. The number of benzene rings is 9. The number of hydrogen-bond acceptors (Lipinski definition) is 1. The van der Waals surface area contributed by atoms with Crippen LogP contribution in [0.25, 0.3) is 33.4 Å². The molecule has 9 aromatic rings. The van der Waals surface area contributed by atoms with Gasteiger partial charge in [0.25, 0.3) is 0 Å². The van der Waals surface area contributed by atoms with E-state index in [1.54, 1.807) is 0 Å². The van der Waals surface area contributed by atoms with Gasteiger partial charge in [-0.15, -0.1) is 0 Å². The van der Waals surface area contributed by atoms with E-state index in [2.05, 4.69) is 233 Å². The van der Waals surface area contributed by atoms with Crippen LogP contribution in [0.15, 0.2) is 200 Å². The summed E-state index contributed by atoms with van der Waals surface area (Å²) in [6.07, 6.45) is 0.